The Morgan fingerprint density at radius 2 is 2.09 bits per heavy atom. The Balaban J connectivity index is 2.90. The molecule has 0 saturated carbocycles. The molecule has 1 nitrogen and oxygen atoms in total. The molecule has 60 valence electrons. The number of hydrogen-bond donors (Lipinski definition) is 0. The van der Waals surface area contributed by atoms with Gasteiger partial charge in [-0.3, -0.25) is 0 Å². The first kappa shape index (κ1) is 8.25. The third-order valence-electron chi connectivity index (χ3n) is 2.22. The van der Waals surface area contributed by atoms with E-state index in [1.807, 2.05) is 6.92 Å². The van der Waals surface area contributed by atoms with E-state index in [9.17, 15) is 4.79 Å². The molecule has 0 amide bonds. The summed E-state index contributed by atoms with van der Waals surface area (Å²) in [4.78, 5) is 10.6. The Hall–Kier alpha value is -0.850. The van der Waals surface area contributed by atoms with Gasteiger partial charge in [0.05, 0.1) is 0 Å². The van der Waals surface area contributed by atoms with Gasteiger partial charge in [-0.2, -0.15) is 0 Å². The van der Waals surface area contributed by atoms with E-state index in [1.54, 1.807) is 0 Å². The minimum atomic E-state index is 0.110. The maximum absolute atomic E-state index is 10.6. The monoisotopic (exact) mass is 150 g/mol. The topological polar surface area (TPSA) is 17.1 Å². The zero-order valence-electron chi connectivity index (χ0n) is 7.29. The molecule has 0 radical (unpaired) electrons. The normalized spacial score (nSPS) is 30.8. The zero-order valence-corrected chi connectivity index (χ0v) is 7.29. The molecule has 1 heteroatoms. The van der Waals surface area contributed by atoms with Gasteiger partial charge in [-0.15, -0.1) is 0 Å². The maximum Gasteiger partial charge on any atom is 0.127 e. The van der Waals surface area contributed by atoms with Crippen molar-refractivity contribution in [2.45, 2.75) is 20.8 Å². The quantitative estimate of drug-likeness (QED) is 0.524. The highest BCUT2D eigenvalue weighted by molar-refractivity contribution is 5.61. The van der Waals surface area contributed by atoms with Crippen molar-refractivity contribution >= 4 is 6.29 Å². The highest BCUT2D eigenvalue weighted by Crippen LogP contribution is 2.26. The molecule has 0 saturated heterocycles. The molecule has 0 aromatic heterocycles. The van der Waals surface area contributed by atoms with Crippen molar-refractivity contribution in [3.05, 3.63) is 23.3 Å². The number of carbonyl (C=O) groups is 1. The molecule has 0 fully saturated rings. The van der Waals surface area contributed by atoms with Crippen LogP contribution in [0.25, 0.3) is 0 Å². The van der Waals surface area contributed by atoms with Gasteiger partial charge in [0.25, 0.3) is 0 Å². The van der Waals surface area contributed by atoms with E-state index in [0.717, 1.165) is 6.29 Å². The fourth-order valence-electron chi connectivity index (χ4n) is 1.67. The predicted octanol–water partition coefficient (Wildman–Crippen LogP) is 2.34. The molecule has 0 aliphatic heterocycles. The molecule has 1 rings (SSSR count). The molecule has 0 N–H and O–H groups in total. The summed E-state index contributed by atoms with van der Waals surface area (Å²) < 4.78 is 0. The molecule has 1 aliphatic carbocycles. The number of rotatable bonds is 1. The number of hydrogen-bond acceptors (Lipinski definition) is 1. The van der Waals surface area contributed by atoms with E-state index in [0.29, 0.717) is 5.92 Å². The highest BCUT2D eigenvalue weighted by Gasteiger charge is 2.19. The SMILES string of the molecule is CC1=CC(C)C(C=O)C(C)=C1. The van der Waals surface area contributed by atoms with Crippen LogP contribution in [0.15, 0.2) is 23.3 Å². The summed E-state index contributed by atoms with van der Waals surface area (Å²) in [6, 6.07) is 0. The zero-order chi connectivity index (χ0) is 8.43. The predicted molar refractivity (Wildman–Crippen MR) is 46.2 cm³/mol. The van der Waals surface area contributed by atoms with E-state index in [1.165, 1.54) is 11.1 Å². The summed E-state index contributed by atoms with van der Waals surface area (Å²) in [5.41, 5.74) is 2.46. The first-order valence-electron chi connectivity index (χ1n) is 3.97. The van der Waals surface area contributed by atoms with Gasteiger partial charge >= 0.3 is 0 Å². The lowest BCUT2D eigenvalue weighted by molar-refractivity contribution is -0.110. The third kappa shape index (κ3) is 1.59. The lowest BCUT2D eigenvalue weighted by atomic mass is 9.83. The number of allylic oxidation sites excluding steroid dienone is 4. The Bertz CT molecular complexity index is 223. The van der Waals surface area contributed by atoms with Crippen molar-refractivity contribution in [3.8, 4) is 0 Å². The van der Waals surface area contributed by atoms with Crippen LogP contribution in [0.3, 0.4) is 0 Å². The molecule has 2 atom stereocenters. The van der Waals surface area contributed by atoms with Crippen LogP contribution in [0.2, 0.25) is 0 Å². The second-order valence-corrected chi connectivity index (χ2v) is 3.32. The van der Waals surface area contributed by atoms with E-state index in [-0.39, 0.29) is 5.92 Å². The summed E-state index contributed by atoms with van der Waals surface area (Å²) in [6.45, 7) is 6.17. The smallest absolute Gasteiger partial charge is 0.127 e. The van der Waals surface area contributed by atoms with Crippen LogP contribution >= 0.6 is 0 Å². The summed E-state index contributed by atoms with van der Waals surface area (Å²) in [5, 5.41) is 0. The van der Waals surface area contributed by atoms with E-state index >= 15 is 0 Å². The van der Waals surface area contributed by atoms with Crippen molar-refractivity contribution in [1.82, 2.24) is 0 Å². The van der Waals surface area contributed by atoms with Gasteiger partial charge in [-0.1, -0.05) is 30.2 Å². The van der Waals surface area contributed by atoms with E-state index in [2.05, 4.69) is 26.0 Å². The number of aldehydes is 1. The lowest BCUT2D eigenvalue weighted by Crippen LogP contribution is -2.15. The van der Waals surface area contributed by atoms with Gasteiger partial charge in [-0.05, 0) is 19.8 Å². The van der Waals surface area contributed by atoms with Crippen molar-refractivity contribution in [3.63, 3.8) is 0 Å². The largest absolute Gasteiger partial charge is 0.303 e. The minimum absolute atomic E-state index is 0.110. The van der Waals surface area contributed by atoms with Crippen LogP contribution in [0.1, 0.15) is 20.8 Å². The molecule has 2 unspecified atom stereocenters. The van der Waals surface area contributed by atoms with Gasteiger partial charge in [0.1, 0.15) is 6.29 Å². The molecular weight excluding hydrogens is 136 g/mol. The van der Waals surface area contributed by atoms with E-state index in [4.69, 9.17) is 0 Å². The summed E-state index contributed by atoms with van der Waals surface area (Å²) in [7, 11) is 0. The highest BCUT2D eigenvalue weighted by atomic mass is 16.1. The summed E-state index contributed by atoms with van der Waals surface area (Å²) in [6.07, 6.45) is 5.27. The molecule has 0 aromatic rings. The fraction of sp³-hybridized carbons (Fsp3) is 0.500. The van der Waals surface area contributed by atoms with Crippen molar-refractivity contribution < 1.29 is 4.79 Å². The van der Waals surface area contributed by atoms with Gasteiger partial charge in [0, 0.05) is 5.92 Å². The Labute approximate surface area is 67.8 Å². The molecule has 1 aliphatic rings. The first-order valence-corrected chi connectivity index (χ1v) is 3.97. The first-order chi connectivity index (χ1) is 5.15. The molecular formula is C10H14O. The van der Waals surface area contributed by atoms with Crippen molar-refractivity contribution in [2.75, 3.05) is 0 Å². The molecule has 0 heterocycles. The van der Waals surface area contributed by atoms with Crippen LogP contribution < -0.4 is 0 Å². The minimum Gasteiger partial charge on any atom is -0.303 e. The van der Waals surface area contributed by atoms with Crippen LogP contribution in [0, 0.1) is 11.8 Å². The molecule has 11 heavy (non-hydrogen) atoms. The van der Waals surface area contributed by atoms with Gasteiger partial charge in [-0.25, -0.2) is 0 Å². The maximum atomic E-state index is 10.6. The van der Waals surface area contributed by atoms with Crippen LogP contribution in [0.5, 0.6) is 0 Å². The van der Waals surface area contributed by atoms with Crippen molar-refractivity contribution in [2.24, 2.45) is 11.8 Å². The lowest BCUT2D eigenvalue weighted by Gasteiger charge is -2.21. The Kier molecular flexibility index (Phi) is 2.28. The van der Waals surface area contributed by atoms with Crippen LogP contribution in [-0.4, -0.2) is 6.29 Å². The summed E-state index contributed by atoms with van der Waals surface area (Å²) in [5.74, 6) is 0.483. The standard InChI is InChI=1S/C10H14O/c1-7-4-8(2)10(6-11)9(3)5-7/h4-6,8,10H,1-3H3. The van der Waals surface area contributed by atoms with Crippen LogP contribution in [0.4, 0.5) is 0 Å². The second kappa shape index (κ2) is 3.04. The Morgan fingerprint density at radius 1 is 1.45 bits per heavy atom. The fourth-order valence-corrected chi connectivity index (χ4v) is 1.67. The molecule has 0 spiro atoms. The third-order valence-corrected chi connectivity index (χ3v) is 2.22. The van der Waals surface area contributed by atoms with Gasteiger partial charge in [0.2, 0.25) is 0 Å². The van der Waals surface area contributed by atoms with E-state index < -0.39 is 0 Å². The molecule has 0 bridgehead atoms. The average molecular weight is 150 g/mol. The Morgan fingerprint density at radius 3 is 2.55 bits per heavy atom. The van der Waals surface area contributed by atoms with Gasteiger partial charge in [0.15, 0.2) is 0 Å². The molecule has 0 aromatic carbocycles. The van der Waals surface area contributed by atoms with Crippen LogP contribution in [-0.2, 0) is 4.79 Å². The average Bonchev–Trinajstić information content (AvgIpc) is 1.85. The van der Waals surface area contributed by atoms with Gasteiger partial charge < -0.3 is 4.79 Å². The summed E-state index contributed by atoms with van der Waals surface area (Å²) >= 11 is 0. The number of carbonyl (C=O) groups excluding carboxylic acids is 1. The van der Waals surface area contributed by atoms with Crippen molar-refractivity contribution in [1.29, 1.82) is 0 Å². The second-order valence-electron chi connectivity index (χ2n) is 3.32.